The normalized spacial score (nSPS) is 36.9. The van der Waals surface area contributed by atoms with E-state index in [1.807, 2.05) is 0 Å². The minimum atomic E-state index is 0.245. The molecule has 2 aliphatic carbocycles. The van der Waals surface area contributed by atoms with Gasteiger partial charge in [0.1, 0.15) is 0 Å². The van der Waals surface area contributed by atoms with Crippen LogP contribution < -0.4 is 0 Å². The molecule has 0 N–H and O–H groups in total. The van der Waals surface area contributed by atoms with Crippen LogP contribution in [0.5, 0.6) is 0 Å². The molecule has 15 heavy (non-hydrogen) atoms. The van der Waals surface area contributed by atoms with Gasteiger partial charge in [-0.05, 0) is 17.5 Å². The summed E-state index contributed by atoms with van der Waals surface area (Å²) in [6.45, 7) is 0. The van der Waals surface area contributed by atoms with E-state index in [-0.39, 0.29) is 12.2 Å². The molecule has 0 aromatic heterocycles. The van der Waals surface area contributed by atoms with E-state index in [1.54, 1.807) is 14.2 Å². The van der Waals surface area contributed by atoms with E-state index in [9.17, 15) is 0 Å². The van der Waals surface area contributed by atoms with Crippen molar-refractivity contribution in [3.05, 3.63) is 35.4 Å². The van der Waals surface area contributed by atoms with Crippen molar-refractivity contribution in [3.63, 3.8) is 0 Å². The maximum atomic E-state index is 5.58. The first-order valence-electron chi connectivity index (χ1n) is 5.51. The molecule has 0 radical (unpaired) electrons. The van der Waals surface area contributed by atoms with Gasteiger partial charge in [0.25, 0.3) is 0 Å². The minimum absolute atomic E-state index is 0.245. The number of fused-ring (bicyclic) bond motifs is 5. The molecule has 3 rings (SSSR count). The number of benzene rings is 1. The van der Waals surface area contributed by atoms with Crippen molar-refractivity contribution >= 4 is 0 Å². The Balaban J connectivity index is 2.05. The molecule has 0 saturated heterocycles. The summed E-state index contributed by atoms with van der Waals surface area (Å²) in [6.07, 6.45) is 1.68. The van der Waals surface area contributed by atoms with E-state index in [0.29, 0.717) is 11.8 Å². The van der Waals surface area contributed by atoms with Gasteiger partial charge in [-0.25, -0.2) is 0 Å². The first-order chi connectivity index (χ1) is 7.36. The van der Waals surface area contributed by atoms with Crippen LogP contribution in [0.25, 0.3) is 0 Å². The number of hydrogen-bond acceptors (Lipinski definition) is 2. The van der Waals surface area contributed by atoms with Crippen molar-refractivity contribution in [2.24, 2.45) is 0 Å². The Morgan fingerprint density at radius 3 is 1.80 bits per heavy atom. The van der Waals surface area contributed by atoms with Gasteiger partial charge >= 0.3 is 0 Å². The summed E-state index contributed by atoms with van der Waals surface area (Å²) >= 11 is 0. The molecule has 2 aliphatic rings. The first-order valence-corrected chi connectivity index (χ1v) is 5.51. The smallest absolute Gasteiger partial charge is 0.0907 e. The number of methoxy groups -OCH3 is 2. The van der Waals surface area contributed by atoms with Crippen molar-refractivity contribution in [2.45, 2.75) is 30.5 Å². The zero-order chi connectivity index (χ0) is 10.4. The van der Waals surface area contributed by atoms with E-state index >= 15 is 0 Å². The minimum Gasteiger partial charge on any atom is -0.378 e. The van der Waals surface area contributed by atoms with Crippen LogP contribution in [-0.2, 0) is 9.47 Å². The Morgan fingerprint density at radius 2 is 1.40 bits per heavy atom. The third-order valence-corrected chi connectivity index (χ3v) is 3.96. The Labute approximate surface area is 90.2 Å². The summed E-state index contributed by atoms with van der Waals surface area (Å²) in [5, 5.41) is 0. The second kappa shape index (κ2) is 3.32. The van der Waals surface area contributed by atoms with Crippen LogP contribution in [0.3, 0.4) is 0 Å². The molecule has 0 amide bonds. The van der Waals surface area contributed by atoms with Gasteiger partial charge in [0.2, 0.25) is 0 Å². The van der Waals surface area contributed by atoms with Crippen molar-refractivity contribution in [1.82, 2.24) is 0 Å². The molecule has 0 aliphatic heterocycles. The molecule has 0 spiro atoms. The fourth-order valence-corrected chi connectivity index (χ4v) is 3.39. The lowest BCUT2D eigenvalue weighted by atomic mass is 9.88. The molecule has 4 atom stereocenters. The molecule has 4 unspecified atom stereocenters. The van der Waals surface area contributed by atoms with Crippen LogP contribution >= 0.6 is 0 Å². The highest BCUT2D eigenvalue weighted by atomic mass is 16.5. The average Bonchev–Trinajstić information content (AvgIpc) is 2.84. The van der Waals surface area contributed by atoms with Gasteiger partial charge in [-0.1, -0.05) is 24.3 Å². The average molecular weight is 204 g/mol. The van der Waals surface area contributed by atoms with E-state index < -0.39 is 0 Å². The molecule has 80 valence electrons. The zero-order valence-corrected chi connectivity index (χ0v) is 9.14. The SMILES string of the molecule is COC1C2CC(c3ccccc32)C1OC. The summed E-state index contributed by atoms with van der Waals surface area (Å²) in [6, 6.07) is 8.71. The van der Waals surface area contributed by atoms with Crippen molar-refractivity contribution < 1.29 is 9.47 Å². The van der Waals surface area contributed by atoms with E-state index in [1.165, 1.54) is 17.5 Å². The highest BCUT2D eigenvalue weighted by molar-refractivity contribution is 5.44. The zero-order valence-electron chi connectivity index (χ0n) is 9.14. The van der Waals surface area contributed by atoms with Crippen LogP contribution in [0, 0.1) is 0 Å². The standard InChI is InChI=1S/C13H16O2/c1-14-12-10-7-11(13(12)15-2)9-6-4-3-5-8(9)10/h3-6,10-13H,7H2,1-2H3. The van der Waals surface area contributed by atoms with Gasteiger partial charge in [0, 0.05) is 26.1 Å². The van der Waals surface area contributed by atoms with Gasteiger partial charge in [0.05, 0.1) is 12.2 Å². The third-order valence-electron chi connectivity index (χ3n) is 3.96. The fraction of sp³-hybridized carbons (Fsp3) is 0.538. The predicted molar refractivity (Wildman–Crippen MR) is 58.1 cm³/mol. The van der Waals surface area contributed by atoms with E-state index in [0.717, 1.165) is 0 Å². The molecule has 1 aromatic carbocycles. The summed E-state index contributed by atoms with van der Waals surface area (Å²) in [7, 11) is 3.58. The maximum Gasteiger partial charge on any atom is 0.0907 e. The largest absolute Gasteiger partial charge is 0.378 e. The van der Waals surface area contributed by atoms with Crippen molar-refractivity contribution in [1.29, 1.82) is 0 Å². The molecule has 1 saturated carbocycles. The molecular formula is C13H16O2. The monoisotopic (exact) mass is 204 g/mol. The lowest BCUT2D eigenvalue weighted by molar-refractivity contribution is -0.0335. The van der Waals surface area contributed by atoms with Crippen LogP contribution in [-0.4, -0.2) is 26.4 Å². The van der Waals surface area contributed by atoms with E-state index in [2.05, 4.69) is 24.3 Å². The van der Waals surface area contributed by atoms with E-state index in [4.69, 9.17) is 9.47 Å². The third kappa shape index (κ3) is 1.12. The van der Waals surface area contributed by atoms with Gasteiger partial charge in [-0.2, -0.15) is 0 Å². The lowest BCUT2D eigenvalue weighted by Gasteiger charge is -2.30. The topological polar surface area (TPSA) is 18.5 Å². The molecule has 2 bridgehead atoms. The van der Waals surface area contributed by atoms with Crippen molar-refractivity contribution in [3.8, 4) is 0 Å². The second-order valence-electron chi connectivity index (χ2n) is 4.48. The van der Waals surface area contributed by atoms with Crippen LogP contribution in [0.15, 0.2) is 24.3 Å². The molecule has 2 heteroatoms. The maximum absolute atomic E-state index is 5.58. The van der Waals surface area contributed by atoms with Crippen molar-refractivity contribution in [2.75, 3.05) is 14.2 Å². The van der Waals surface area contributed by atoms with Crippen LogP contribution in [0.2, 0.25) is 0 Å². The Kier molecular flexibility index (Phi) is 2.08. The van der Waals surface area contributed by atoms with Gasteiger partial charge < -0.3 is 9.47 Å². The number of rotatable bonds is 2. The van der Waals surface area contributed by atoms with Gasteiger partial charge in [-0.3, -0.25) is 0 Å². The van der Waals surface area contributed by atoms with Crippen LogP contribution in [0.1, 0.15) is 29.4 Å². The Bertz CT molecular complexity index is 340. The predicted octanol–water partition coefficient (Wildman–Crippen LogP) is 2.30. The molecule has 1 aromatic rings. The molecule has 0 heterocycles. The van der Waals surface area contributed by atoms with Gasteiger partial charge in [0.15, 0.2) is 0 Å². The molecule has 1 fully saturated rings. The quantitative estimate of drug-likeness (QED) is 0.736. The summed E-state index contributed by atoms with van der Waals surface area (Å²) in [4.78, 5) is 0. The van der Waals surface area contributed by atoms with Gasteiger partial charge in [-0.15, -0.1) is 0 Å². The summed E-state index contributed by atoms with van der Waals surface area (Å²) < 4.78 is 11.2. The highest BCUT2D eigenvalue weighted by Gasteiger charge is 2.51. The summed E-state index contributed by atoms with van der Waals surface area (Å²) in [5.41, 5.74) is 2.95. The Hall–Kier alpha value is -0.860. The second-order valence-corrected chi connectivity index (χ2v) is 4.48. The fourth-order valence-electron chi connectivity index (χ4n) is 3.39. The number of ether oxygens (including phenoxy) is 2. The Morgan fingerprint density at radius 1 is 0.933 bits per heavy atom. The summed E-state index contributed by atoms with van der Waals surface area (Å²) in [5.74, 6) is 1.09. The lowest BCUT2D eigenvalue weighted by Crippen LogP contribution is -2.34. The number of hydrogen-bond donors (Lipinski definition) is 0. The molecular weight excluding hydrogens is 188 g/mol. The van der Waals surface area contributed by atoms with Crippen LogP contribution in [0.4, 0.5) is 0 Å². The first kappa shape index (κ1) is 9.37. The molecule has 2 nitrogen and oxygen atoms in total. The highest BCUT2D eigenvalue weighted by Crippen LogP contribution is 2.54.